The molecule has 0 spiro atoms. The van der Waals surface area contributed by atoms with Crippen LogP contribution in [0.5, 0.6) is 0 Å². The van der Waals surface area contributed by atoms with Gasteiger partial charge in [-0.2, -0.15) is 5.10 Å². The van der Waals surface area contributed by atoms with Crippen molar-refractivity contribution in [2.45, 2.75) is 16.8 Å². The highest BCUT2D eigenvalue weighted by Crippen LogP contribution is 2.31. The molecule has 2 heterocycles. The summed E-state index contributed by atoms with van der Waals surface area (Å²) in [7, 11) is -3.84. The van der Waals surface area contributed by atoms with E-state index in [0.717, 1.165) is 23.5 Å². The van der Waals surface area contributed by atoms with Crippen molar-refractivity contribution in [3.63, 3.8) is 0 Å². The van der Waals surface area contributed by atoms with E-state index < -0.39 is 20.6 Å². The van der Waals surface area contributed by atoms with Crippen LogP contribution >= 0.6 is 0 Å². The molecule has 0 saturated carbocycles. The van der Waals surface area contributed by atoms with E-state index in [0.29, 0.717) is 5.56 Å². The summed E-state index contributed by atoms with van der Waals surface area (Å²) in [6, 6.07) is 20.0. The third kappa shape index (κ3) is 3.64. The monoisotopic (exact) mass is 405 g/mol. The maximum Gasteiger partial charge on any atom is 0.264 e. The maximum atomic E-state index is 13.0. The molecule has 0 fully saturated rings. The fourth-order valence-electron chi connectivity index (χ4n) is 3.38. The standard InChI is InChI=1S/C22H19N3O3S/c1-2-20(29(27,28)22-11-10-21(26)23-24-22)18-8-9-19-17(14-18)12-13-25(19)15-16-6-4-3-5-7-16/h2-14,20H,1,15H2,(H,23,26). The van der Waals surface area contributed by atoms with Gasteiger partial charge < -0.3 is 4.57 Å². The summed E-state index contributed by atoms with van der Waals surface area (Å²) in [5, 5.41) is 5.63. The lowest BCUT2D eigenvalue weighted by molar-refractivity contribution is 0.584. The molecule has 1 unspecified atom stereocenters. The van der Waals surface area contributed by atoms with Gasteiger partial charge >= 0.3 is 0 Å². The average molecular weight is 405 g/mol. The molecule has 2 aromatic heterocycles. The van der Waals surface area contributed by atoms with E-state index in [9.17, 15) is 13.2 Å². The lowest BCUT2D eigenvalue weighted by Crippen LogP contribution is -2.16. The molecule has 0 amide bonds. The van der Waals surface area contributed by atoms with Crippen LogP contribution in [0.15, 0.2) is 95.4 Å². The second kappa shape index (κ2) is 7.52. The molecule has 0 radical (unpaired) electrons. The number of hydrogen-bond donors (Lipinski definition) is 1. The lowest BCUT2D eigenvalue weighted by Gasteiger charge is -2.14. The van der Waals surface area contributed by atoms with Gasteiger partial charge in [-0.15, -0.1) is 6.58 Å². The molecular formula is C22H19N3O3S. The molecule has 0 aliphatic carbocycles. The van der Waals surface area contributed by atoms with Gasteiger partial charge in [0.25, 0.3) is 5.56 Å². The van der Waals surface area contributed by atoms with Crippen molar-refractivity contribution in [1.82, 2.24) is 14.8 Å². The van der Waals surface area contributed by atoms with Crippen molar-refractivity contribution in [2.75, 3.05) is 0 Å². The Balaban J connectivity index is 1.70. The number of benzene rings is 2. The Bertz CT molecular complexity index is 1320. The number of aromatic nitrogens is 3. The highest BCUT2D eigenvalue weighted by Gasteiger charge is 2.28. The zero-order valence-electron chi connectivity index (χ0n) is 15.5. The van der Waals surface area contributed by atoms with Gasteiger partial charge in [-0.05, 0) is 40.8 Å². The first kappa shape index (κ1) is 18.9. The Morgan fingerprint density at radius 1 is 1.07 bits per heavy atom. The highest BCUT2D eigenvalue weighted by molar-refractivity contribution is 7.91. The molecule has 7 heteroatoms. The second-order valence-corrected chi connectivity index (χ2v) is 8.72. The van der Waals surface area contributed by atoms with E-state index in [1.807, 2.05) is 42.6 Å². The quantitative estimate of drug-likeness (QED) is 0.498. The van der Waals surface area contributed by atoms with E-state index in [4.69, 9.17) is 0 Å². The first-order valence-electron chi connectivity index (χ1n) is 9.04. The minimum Gasteiger partial charge on any atom is -0.343 e. The molecule has 0 aliphatic rings. The van der Waals surface area contributed by atoms with E-state index in [1.165, 1.54) is 17.7 Å². The Morgan fingerprint density at radius 3 is 2.55 bits per heavy atom. The Hall–Kier alpha value is -3.45. The van der Waals surface area contributed by atoms with Gasteiger partial charge in [0.05, 0.1) is 0 Å². The van der Waals surface area contributed by atoms with Crippen LogP contribution in [-0.4, -0.2) is 23.2 Å². The third-order valence-electron chi connectivity index (χ3n) is 4.81. The predicted octanol–water partition coefficient (Wildman–Crippen LogP) is 3.47. The summed E-state index contributed by atoms with van der Waals surface area (Å²) in [5.74, 6) is 0. The van der Waals surface area contributed by atoms with Gasteiger partial charge in [0.15, 0.2) is 5.03 Å². The SMILES string of the molecule is C=CC(c1ccc2c(ccn2Cc2ccccc2)c1)S(=O)(=O)c1ccc(=O)[nH]n1. The van der Waals surface area contributed by atoms with Gasteiger partial charge in [0, 0.05) is 24.3 Å². The average Bonchev–Trinajstić information content (AvgIpc) is 3.11. The summed E-state index contributed by atoms with van der Waals surface area (Å²) in [5.41, 5.74) is 2.34. The smallest absolute Gasteiger partial charge is 0.264 e. The number of rotatable bonds is 6. The lowest BCUT2D eigenvalue weighted by atomic mass is 10.1. The molecule has 6 nitrogen and oxygen atoms in total. The van der Waals surface area contributed by atoms with Gasteiger partial charge in [-0.1, -0.05) is 42.5 Å². The molecule has 1 N–H and O–H groups in total. The van der Waals surface area contributed by atoms with E-state index in [-0.39, 0.29) is 5.03 Å². The number of hydrogen-bond acceptors (Lipinski definition) is 4. The highest BCUT2D eigenvalue weighted by atomic mass is 32.2. The van der Waals surface area contributed by atoms with Crippen LogP contribution in [0.1, 0.15) is 16.4 Å². The summed E-state index contributed by atoms with van der Waals surface area (Å²) in [4.78, 5) is 11.2. The first-order chi connectivity index (χ1) is 14.0. The molecule has 0 aliphatic heterocycles. The molecule has 0 bridgehead atoms. The number of fused-ring (bicyclic) bond motifs is 1. The second-order valence-electron chi connectivity index (χ2n) is 6.71. The fourth-order valence-corrected chi connectivity index (χ4v) is 4.82. The molecule has 4 aromatic rings. The van der Waals surface area contributed by atoms with Gasteiger partial charge in [-0.25, -0.2) is 13.5 Å². The van der Waals surface area contributed by atoms with Crippen molar-refractivity contribution < 1.29 is 8.42 Å². The van der Waals surface area contributed by atoms with Gasteiger partial charge in [0.1, 0.15) is 5.25 Å². The molecular weight excluding hydrogens is 386 g/mol. The third-order valence-corrected chi connectivity index (χ3v) is 6.76. The van der Waals surface area contributed by atoms with Crippen molar-refractivity contribution >= 4 is 20.7 Å². The van der Waals surface area contributed by atoms with Crippen LogP contribution in [0.25, 0.3) is 10.9 Å². The largest absolute Gasteiger partial charge is 0.343 e. The number of nitrogens with zero attached hydrogens (tertiary/aromatic N) is 2. The molecule has 29 heavy (non-hydrogen) atoms. The van der Waals surface area contributed by atoms with Crippen molar-refractivity contribution in [1.29, 1.82) is 0 Å². The Morgan fingerprint density at radius 2 is 1.86 bits per heavy atom. The summed E-state index contributed by atoms with van der Waals surface area (Å²) in [6.07, 6.45) is 3.37. The van der Waals surface area contributed by atoms with Crippen molar-refractivity contribution in [2.24, 2.45) is 0 Å². The predicted molar refractivity (Wildman–Crippen MR) is 112 cm³/mol. The molecule has 2 aromatic carbocycles. The number of nitrogens with one attached hydrogen (secondary N) is 1. The molecule has 0 saturated heterocycles. The summed E-state index contributed by atoms with van der Waals surface area (Å²) < 4.78 is 28.1. The number of aromatic amines is 1. The van der Waals surface area contributed by atoms with Crippen LogP contribution in [0.3, 0.4) is 0 Å². The molecule has 1 atom stereocenters. The van der Waals surface area contributed by atoms with Crippen LogP contribution in [-0.2, 0) is 16.4 Å². The zero-order valence-corrected chi connectivity index (χ0v) is 16.3. The van der Waals surface area contributed by atoms with Gasteiger partial charge in [-0.3, -0.25) is 4.79 Å². The summed E-state index contributed by atoms with van der Waals surface area (Å²) >= 11 is 0. The van der Waals surface area contributed by atoms with E-state index in [2.05, 4.69) is 33.5 Å². The van der Waals surface area contributed by atoms with E-state index >= 15 is 0 Å². The summed E-state index contributed by atoms with van der Waals surface area (Å²) in [6.45, 7) is 4.43. The topological polar surface area (TPSA) is 84.8 Å². The minimum atomic E-state index is -3.84. The minimum absolute atomic E-state index is 0.191. The van der Waals surface area contributed by atoms with E-state index in [1.54, 1.807) is 6.07 Å². The normalized spacial score (nSPS) is 12.7. The van der Waals surface area contributed by atoms with Crippen LogP contribution in [0.2, 0.25) is 0 Å². The first-order valence-corrected chi connectivity index (χ1v) is 10.6. The molecule has 146 valence electrons. The zero-order chi connectivity index (χ0) is 20.4. The number of sulfone groups is 1. The molecule has 4 rings (SSSR count). The van der Waals surface area contributed by atoms with Crippen molar-refractivity contribution in [3.8, 4) is 0 Å². The maximum absolute atomic E-state index is 13.0. The van der Waals surface area contributed by atoms with Crippen molar-refractivity contribution in [3.05, 3.63) is 107 Å². The van der Waals surface area contributed by atoms with Crippen LogP contribution < -0.4 is 5.56 Å². The van der Waals surface area contributed by atoms with Crippen LogP contribution in [0.4, 0.5) is 0 Å². The van der Waals surface area contributed by atoms with Gasteiger partial charge in [0.2, 0.25) is 9.84 Å². The Kier molecular flexibility index (Phi) is 4.90. The van der Waals surface area contributed by atoms with Crippen LogP contribution in [0, 0.1) is 0 Å². The number of H-pyrrole nitrogens is 1. The fraction of sp³-hybridized carbons (Fsp3) is 0.0909. The Labute approximate surface area is 168 Å².